The molecule has 0 spiro atoms. The fraction of sp³-hybridized carbons (Fsp3) is 0.833. The Morgan fingerprint density at radius 1 is 1.41 bits per heavy atom. The Bertz CT molecular complexity index is 277. The van der Waals surface area contributed by atoms with Crippen LogP contribution in [0, 0.1) is 5.92 Å². The van der Waals surface area contributed by atoms with Gasteiger partial charge in [0.2, 0.25) is 0 Å². The first kappa shape index (κ1) is 13.8. The van der Waals surface area contributed by atoms with Gasteiger partial charge in [-0.1, -0.05) is 13.3 Å². The van der Waals surface area contributed by atoms with Gasteiger partial charge in [0.05, 0.1) is 0 Å². The number of nitrogens with zero attached hydrogens (tertiary/aromatic N) is 1. The first-order valence-electron chi connectivity index (χ1n) is 6.36. The lowest BCUT2D eigenvalue weighted by Gasteiger charge is -2.23. The zero-order valence-corrected chi connectivity index (χ0v) is 10.6. The number of carbonyl (C=O) groups excluding carboxylic acids is 1. The molecule has 1 saturated carbocycles. The molecule has 0 aromatic rings. The monoisotopic (exact) mass is 242 g/mol. The van der Waals surface area contributed by atoms with Crippen LogP contribution in [0.4, 0.5) is 4.79 Å². The number of carbonyl (C=O) groups is 2. The summed E-state index contributed by atoms with van der Waals surface area (Å²) in [6.07, 6.45) is 3.58. The van der Waals surface area contributed by atoms with Gasteiger partial charge in [0.15, 0.2) is 0 Å². The Morgan fingerprint density at radius 2 is 2.06 bits per heavy atom. The molecule has 1 rings (SSSR count). The summed E-state index contributed by atoms with van der Waals surface area (Å²) >= 11 is 0. The van der Waals surface area contributed by atoms with Crippen molar-refractivity contribution in [3.05, 3.63) is 0 Å². The Hall–Kier alpha value is -1.26. The molecule has 1 aliphatic rings. The van der Waals surface area contributed by atoms with Crippen molar-refractivity contribution in [2.45, 2.75) is 45.6 Å². The molecule has 98 valence electrons. The van der Waals surface area contributed by atoms with Gasteiger partial charge < -0.3 is 15.3 Å². The molecule has 0 aromatic heterocycles. The molecule has 0 heterocycles. The highest BCUT2D eigenvalue weighted by molar-refractivity contribution is 5.82. The molecule has 0 bridgehead atoms. The summed E-state index contributed by atoms with van der Waals surface area (Å²) in [5.41, 5.74) is 0. The Morgan fingerprint density at radius 3 is 2.47 bits per heavy atom. The summed E-state index contributed by atoms with van der Waals surface area (Å²) in [6.45, 7) is 5.20. The summed E-state index contributed by atoms with van der Waals surface area (Å²) in [5.74, 6) is -0.335. The van der Waals surface area contributed by atoms with Crippen LogP contribution >= 0.6 is 0 Å². The maximum atomic E-state index is 11.9. The third-order valence-electron chi connectivity index (χ3n) is 3.02. The number of amides is 2. The highest BCUT2D eigenvalue weighted by Gasteiger charge is 2.27. The van der Waals surface area contributed by atoms with E-state index in [0.29, 0.717) is 18.9 Å². The summed E-state index contributed by atoms with van der Waals surface area (Å²) < 4.78 is 0. The topological polar surface area (TPSA) is 69.6 Å². The van der Waals surface area contributed by atoms with Gasteiger partial charge in [-0.15, -0.1) is 0 Å². The number of rotatable bonds is 7. The minimum absolute atomic E-state index is 0.250. The lowest BCUT2D eigenvalue weighted by atomic mass is 10.2. The van der Waals surface area contributed by atoms with Crippen LogP contribution in [0.3, 0.4) is 0 Å². The summed E-state index contributed by atoms with van der Waals surface area (Å²) in [5, 5.41) is 11.6. The van der Waals surface area contributed by atoms with Crippen LogP contribution in [-0.2, 0) is 4.79 Å². The van der Waals surface area contributed by atoms with Crippen LogP contribution < -0.4 is 5.32 Å². The van der Waals surface area contributed by atoms with E-state index in [1.807, 2.05) is 13.8 Å². The zero-order chi connectivity index (χ0) is 12.8. The number of hydrogen-bond donors (Lipinski definition) is 2. The molecule has 0 aliphatic heterocycles. The Labute approximate surface area is 102 Å². The van der Waals surface area contributed by atoms with Gasteiger partial charge in [0, 0.05) is 13.1 Å². The lowest BCUT2D eigenvalue weighted by molar-refractivity contribution is -0.139. The number of carboxylic acid groups (broad SMARTS) is 1. The molecule has 1 aliphatic carbocycles. The van der Waals surface area contributed by atoms with Gasteiger partial charge in [0.25, 0.3) is 0 Å². The maximum absolute atomic E-state index is 11.9. The Kier molecular flexibility index (Phi) is 5.25. The lowest BCUT2D eigenvalue weighted by Crippen LogP contribution is -2.48. The van der Waals surface area contributed by atoms with Crippen molar-refractivity contribution >= 4 is 12.0 Å². The highest BCUT2D eigenvalue weighted by atomic mass is 16.4. The molecular formula is C12H22N2O3. The molecule has 0 radical (unpaired) electrons. The van der Waals surface area contributed by atoms with E-state index in [0.717, 1.165) is 13.0 Å². The van der Waals surface area contributed by atoms with Gasteiger partial charge >= 0.3 is 12.0 Å². The fourth-order valence-electron chi connectivity index (χ4n) is 1.75. The van der Waals surface area contributed by atoms with Crippen LogP contribution in [0.15, 0.2) is 0 Å². The van der Waals surface area contributed by atoms with Gasteiger partial charge in [-0.05, 0) is 32.1 Å². The molecule has 2 N–H and O–H groups in total. The van der Waals surface area contributed by atoms with Gasteiger partial charge in [0.1, 0.15) is 6.04 Å². The van der Waals surface area contributed by atoms with Crippen molar-refractivity contribution < 1.29 is 14.7 Å². The molecule has 5 nitrogen and oxygen atoms in total. The average Bonchev–Trinajstić information content (AvgIpc) is 3.08. The quantitative estimate of drug-likeness (QED) is 0.713. The van der Waals surface area contributed by atoms with Crippen molar-refractivity contribution in [3.8, 4) is 0 Å². The van der Waals surface area contributed by atoms with Crippen molar-refractivity contribution in [1.29, 1.82) is 0 Å². The van der Waals surface area contributed by atoms with Crippen LogP contribution in [0.1, 0.15) is 39.5 Å². The van der Waals surface area contributed by atoms with E-state index in [1.54, 1.807) is 4.90 Å². The Balaban J connectivity index is 2.44. The number of aliphatic carboxylic acids is 1. The number of carboxylic acids is 1. The third kappa shape index (κ3) is 4.63. The summed E-state index contributed by atoms with van der Waals surface area (Å²) in [6, 6.07) is -1.01. The van der Waals surface area contributed by atoms with Crippen LogP contribution in [0.2, 0.25) is 0 Å². The van der Waals surface area contributed by atoms with E-state index in [9.17, 15) is 9.59 Å². The largest absolute Gasteiger partial charge is 0.480 e. The second-order valence-electron chi connectivity index (χ2n) is 4.61. The molecule has 0 saturated heterocycles. The van der Waals surface area contributed by atoms with Gasteiger partial charge in [-0.2, -0.15) is 0 Å². The molecule has 1 atom stereocenters. The van der Waals surface area contributed by atoms with Crippen molar-refractivity contribution in [1.82, 2.24) is 10.2 Å². The summed E-state index contributed by atoms with van der Waals surface area (Å²) in [7, 11) is 0. The second-order valence-corrected chi connectivity index (χ2v) is 4.61. The number of nitrogens with one attached hydrogen (secondary N) is 1. The third-order valence-corrected chi connectivity index (χ3v) is 3.02. The van der Waals surface area contributed by atoms with E-state index in [4.69, 9.17) is 5.11 Å². The number of hydrogen-bond acceptors (Lipinski definition) is 2. The van der Waals surface area contributed by atoms with Crippen molar-refractivity contribution in [3.63, 3.8) is 0 Å². The van der Waals surface area contributed by atoms with Crippen LogP contribution in [-0.4, -0.2) is 41.1 Å². The zero-order valence-electron chi connectivity index (χ0n) is 10.6. The number of urea groups is 1. The van der Waals surface area contributed by atoms with Gasteiger partial charge in [-0.3, -0.25) is 0 Å². The molecule has 17 heavy (non-hydrogen) atoms. The van der Waals surface area contributed by atoms with E-state index < -0.39 is 12.0 Å². The fourth-order valence-corrected chi connectivity index (χ4v) is 1.75. The average molecular weight is 242 g/mol. The van der Waals surface area contributed by atoms with Crippen LogP contribution in [0.25, 0.3) is 0 Å². The minimum Gasteiger partial charge on any atom is -0.480 e. The molecule has 0 aromatic carbocycles. The van der Waals surface area contributed by atoms with Crippen molar-refractivity contribution in [2.24, 2.45) is 5.92 Å². The normalized spacial score (nSPS) is 16.4. The molecule has 5 heteroatoms. The van der Waals surface area contributed by atoms with Crippen LogP contribution in [0.5, 0.6) is 0 Å². The SMILES string of the molecule is CCC[C@@H](NC(=O)N(CC)CC1CC1)C(=O)O. The van der Waals surface area contributed by atoms with Gasteiger partial charge in [-0.25, -0.2) is 9.59 Å². The van der Waals surface area contributed by atoms with E-state index in [2.05, 4.69) is 5.32 Å². The summed E-state index contributed by atoms with van der Waals surface area (Å²) in [4.78, 5) is 24.5. The van der Waals surface area contributed by atoms with Crippen molar-refractivity contribution in [2.75, 3.05) is 13.1 Å². The van der Waals surface area contributed by atoms with E-state index in [1.165, 1.54) is 12.8 Å². The maximum Gasteiger partial charge on any atom is 0.326 e. The highest BCUT2D eigenvalue weighted by Crippen LogP contribution is 2.29. The predicted octanol–water partition coefficient (Wildman–Crippen LogP) is 1.68. The van der Waals surface area contributed by atoms with E-state index in [-0.39, 0.29) is 6.03 Å². The standard InChI is InChI=1S/C12H22N2O3/c1-3-5-10(11(15)16)13-12(17)14(4-2)8-9-6-7-9/h9-10H,3-8H2,1-2H3,(H,13,17)(H,15,16)/t10-/m1/s1. The smallest absolute Gasteiger partial charge is 0.326 e. The molecule has 2 amide bonds. The molecule has 1 fully saturated rings. The second kappa shape index (κ2) is 6.47. The van der Waals surface area contributed by atoms with E-state index >= 15 is 0 Å². The molecular weight excluding hydrogens is 220 g/mol. The first-order chi connectivity index (χ1) is 8.08. The minimum atomic E-state index is -0.956. The molecule has 0 unspecified atom stereocenters. The predicted molar refractivity (Wildman–Crippen MR) is 64.8 cm³/mol. The first-order valence-corrected chi connectivity index (χ1v) is 6.36.